The minimum atomic E-state index is -4.85. The second-order valence-corrected chi connectivity index (χ2v) is 25.8. The van der Waals surface area contributed by atoms with Gasteiger partial charge in [-0.05, 0) is 98.9 Å². The van der Waals surface area contributed by atoms with Crippen molar-refractivity contribution in [1.29, 1.82) is 0 Å². The number of hydrogen-bond donors (Lipinski definition) is 15. The summed E-state index contributed by atoms with van der Waals surface area (Å²) in [6.45, 7) is 2.51. The van der Waals surface area contributed by atoms with Crippen molar-refractivity contribution in [2.45, 2.75) is 164 Å². The van der Waals surface area contributed by atoms with E-state index in [1.54, 1.807) is 74.5 Å². The standard InChI is InChI=1S/C65H93N17O17S/c1-3-38(2)53(59(90)77-47(63(94)95)35-41-24-26-42(27-25-41)99-100(96,97)98)79-54(85)44(20-11-29-72-65(69)70)75-56(87)46(34-40-17-8-5-9-18-40)76-58(89)50-22-13-30-80(50)61(92)48(37-83)78-55(86)45(33-39-15-6-4-7-16-39)74-52(84)36-73-57(88)49-21-12-31-81(49)62(93)51-23-14-32-82(51)60(91)43(66)19-10-28-71-64(67)68/h4-9,15-18,24-27,38,43-51,53,83H,3,10-14,19-23,28-37,66H2,1-2H3,(H,73,88)(H,74,84)(H,75,87)(H,76,89)(H,77,90)(H,78,86)(H,79,85)(H,94,95)(H4,67,68,71)(H4,69,70,72)(H,96,97,98)/t38-,43-,44-,45-,46-,47-,48-,49-,50-,51-,53-/m0/s1. The number of nitrogens with two attached hydrogens (primary N) is 5. The highest BCUT2D eigenvalue weighted by Crippen LogP contribution is 2.27. The Labute approximate surface area is 579 Å². The fraction of sp³-hybridized carbons (Fsp3) is 0.523. The van der Waals surface area contributed by atoms with Gasteiger partial charge < -0.3 is 95.0 Å². The molecule has 0 aliphatic carbocycles. The number of hydrogen-bond acceptors (Lipinski definition) is 18. The van der Waals surface area contributed by atoms with E-state index in [4.69, 9.17) is 33.2 Å². The first-order valence-corrected chi connectivity index (χ1v) is 34.5. The topological polar surface area (TPSA) is 541 Å². The molecule has 3 aliphatic rings. The SMILES string of the molecule is CC[C@H](C)[C@H](NC(=O)[C@H](CCCN=C(N)N)NC(=O)[C@H](Cc1ccccc1)NC(=O)[C@@H]1CCCN1C(=O)[C@H](CO)NC(=O)[C@H](Cc1ccccc1)NC(=O)CNC(=O)[C@@H]1CCCN1C(=O)[C@@H]1CCCN1C(=O)[C@@H](N)CCCN=C(N)N)C(=O)N[C@@H](Cc1ccc(OS(=O)(=O)O)cc1)C(=O)O. The Morgan fingerprint density at radius 2 is 1.04 bits per heavy atom. The summed E-state index contributed by atoms with van der Waals surface area (Å²) in [6.07, 6.45) is 2.36. The van der Waals surface area contributed by atoms with Gasteiger partial charge in [0.25, 0.3) is 0 Å². The molecule has 34 nitrogen and oxygen atoms in total. The van der Waals surface area contributed by atoms with Crippen LogP contribution < -0.4 is 70.1 Å². The first-order valence-electron chi connectivity index (χ1n) is 33.1. The third-order valence-electron chi connectivity index (χ3n) is 17.4. The van der Waals surface area contributed by atoms with E-state index < -0.39 is 155 Å². The molecule has 20 N–H and O–H groups in total. The van der Waals surface area contributed by atoms with Crippen LogP contribution in [0.25, 0.3) is 0 Å². The molecular weight excluding hydrogens is 1320 g/mol. The molecule has 3 heterocycles. The molecule has 10 amide bonds. The number of carboxylic acid groups (broad SMARTS) is 1. The fourth-order valence-corrected chi connectivity index (χ4v) is 12.4. The predicted molar refractivity (Wildman–Crippen MR) is 363 cm³/mol. The summed E-state index contributed by atoms with van der Waals surface area (Å²) in [7, 11) is -4.85. The average molecular weight is 1420 g/mol. The Hall–Kier alpha value is -10.0. The van der Waals surface area contributed by atoms with E-state index in [1.165, 1.54) is 21.9 Å². The number of carbonyl (C=O) groups excluding carboxylic acids is 10. The van der Waals surface area contributed by atoms with Gasteiger partial charge in [-0.25, -0.2) is 4.79 Å². The molecule has 6 rings (SSSR count). The number of nitrogens with zero attached hydrogens (tertiary/aromatic N) is 5. The van der Waals surface area contributed by atoms with Gasteiger partial charge in [0.2, 0.25) is 59.1 Å². The van der Waals surface area contributed by atoms with Crippen molar-refractivity contribution in [3.8, 4) is 5.75 Å². The van der Waals surface area contributed by atoms with E-state index in [1.807, 2.05) is 0 Å². The highest BCUT2D eigenvalue weighted by atomic mass is 32.3. The molecule has 3 saturated heterocycles. The highest BCUT2D eigenvalue weighted by molar-refractivity contribution is 7.81. The number of aliphatic hydroxyl groups excluding tert-OH is 1. The van der Waals surface area contributed by atoms with Gasteiger partial charge in [0.05, 0.1) is 19.2 Å². The zero-order valence-corrected chi connectivity index (χ0v) is 56.7. The van der Waals surface area contributed by atoms with Gasteiger partial charge in [0, 0.05) is 52.0 Å². The van der Waals surface area contributed by atoms with Crippen LogP contribution in [-0.2, 0) is 82.4 Å². The van der Waals surface area contributed by atoms with Crippen molar-refractivity contribution in [3.63, 3.8) is 0 Å². The molecule has 3 aromatic carbocycles. The summed E-state index contributed by atoms with van der Waals surface area (Å²) in [5.41, 5.74) is 29.6. The predicted octanol–water partition coefficient (Wildman–Crippen LogP) is -3.55. The van der Waals surface area contributed by atoms with E-state index in [2.05, 4.69) is 51.4 Å². The van der Waals surface area contributed by atoms with Gasteiger partial charge in [0.15, 0.2) is 11.9 Å². The summed E-state index contributed by atoms with van der Waals surface area (Å²) in [5, 5.41) is 39.2. The normalized spacial score (nSPS) is 18.2. The van der Waals surface area contributed by atoms with Crippen LogP contribution in [0.4, 0.5) is 0 Å². The summed E-state index contributed by atoms with van der Waals surface area (Å²) in [5.74, 6) is -10.3. The number of guanidine groups is 2. The molecule has 3 aliphatic heterocycles. The van der Waals surface area contributed by atoms with Crippen molar-refractivity contribution in [2.75, 3.05) is 45.9 Å². The summed E-state index contributed by atoms with van der Waals surface area (Å²) < 4.78 is 35.8. The zero-order chi connectivity index (χ0) is 73.2. The van der Waals surface area contributed by atoms with Gasteiger partial charge in [-0.1, -0.05) is 93.1 Å². The van der Waals surface area contributed by atoms with Crippen LogP contribution in [0.3, 0.4) is 0 Å². The molecule has 35 heteroatoms. The van der Waals surface area contributed by atoms with Gasteiger partial charge in [-0.3, -0.25) is 62.5 Å². The molecule has 3 fully saturated rings. The first kappa shape index (κ1) is 79.0. The lowest BCUT2D eigenvalue weighted by Crippen LogP contribution is -2.61. The Bertz CT molecular complexity index is 3510. The Morgan fingerprint density at radius 3 is 1.57 bits per heavy atom. The molecule has 0 saturated carbocycles. The summed E-state index contributed by atoms with van der Waals surface area (Å²) >= 11 is 0. The number of benzene rings is 3. The number of likely N-dealkylation sites (tertiary alicyclic amines) is 3. The molecule has 100 heavy (non-hydrogen) atoms. The van der Waals surface area contributed by atoms with Crippen molar-refractivity contribution in [2.24, 2.45) is 44.6 Å². The number of aliphatic carboxylic acids is 1. The van der Waals surface area contributed by atoms with E-state index in [0.29, 0.717) is 55.3 Å². The number of aliphatic imine (C=N–C) groups is 2. The van der Waals surface area contributed by atoms with Gasteiger partial charge >= 0.3 is 16.4 Å². The largest absolute Gasteiger partial charge is 0.480 e. The third kappa shape index (κ3) is 24.2. The number of amides is 10. The Balaban J connectivity index is 1.12. The van der Waals surface area contributed by atoms with E-state index in [-0.39, 0.29) is 102 Å². The average Bonchev–Trinajstić information content (AvgIpc) is 1.64. The van der Waals surface area contributed by atoms with Crippen molar-refractivity contribution in [3.05, 3.63) is 102 Å². The monoisotopic (exact) mass is 1420 g/mol. The van der Waals surface area contributed by atoms with Crippen LogP contribution in [0.2, 0.25) is 0 Å². The fourth-order valence-electron chi connectivity index (χ4n) is 12.0. The van der Waals surface area contributed by atoms with Crippen molar-refractivity contribution in [1.82, 2.24) is 51.9 Å². The maximum atomic E-state index is 14.7. The molecule has 3 aromatic rings. The molecular formula is C65H93N17O17S. The number of nitrogens with one attached hydrogen (secondary N) is 7. The van der Waals surface area contributed by atoms with Crippen molar-refractivity contribution >= 4 is 87.4 Å². The van der Waals surface area contributed by atoms with E-state index >= 15 is 0 Å². The third-order valence-corrected chi connectivity index (χ3v) is 17.8. The van der Waals surface area contributed by atoms with Crippen LogP contribution in [0.15, 0.2) is 94.9 Å². The first-order chi connectivity index (χ1) is 47.6. The number of carboxylic acids is 1. The van der Waals surface area contributed by atoms with E-state index in [9.17, 15) is 71.4 Å². The lowest BCUT2D eigenvalue weighted by molar-refractivity contribution is -0.147. The zero-order valence-electron chi connectivity index (χ0n) is 55.9. The molecule has 546 valence electrons. The molecule has 0 spiro atoms. The van der Waals surface area contributed by atoms with Crippen LogP contribution in [-0.4, -0.2) is 221 Å². The molecule has 0 aromatic heterocycles. The molecule has 0 radical (unpaired) electrons. The maximum absolute atomic E-state index is 14.7. The number of rotatable bonds is 37. The Kier molecular flexibility index (Phi) is 30.3. The minimum absolute atomic E-state index is 0.00484. The van der Waals surface area contributed by atoms with E-state index in [0.717, 1.165) is 17.0 Å². The second-order valence-electron chi connectivity index (χ2n) is 24.8. The van der Waals surface area contributed by atoms with Crippen LogP contribution >= 0.6 is 0 Å². The number of aliphatic hydroxyl groups is 1. The Morgan fingerprint density at radius 1 is 0.570 bits per heavy atom. The van der Waals surface area contributed by atoms with Gasteiger partial charge in [-0.2, -0.15) is 8.42 Å². The van der Waals surface area contributed by atoms with Crippen molar-refractivity contribution < 1.29 is 80.1 Å². The van der Waals surface area contributed by atoms with Crippen LogP contribution in [0, 0.1) is 5.92 Å². The minimum Gasteiger partial charge on any atom is -0.480 e. The molecule has 0 bridgehead atoms. The summed E-state index contributed by atoms with van der Waals surface area (Å²) in [4.78, 5) is 166. The van der Waals surface area contributed by atoms with Crippen LogP contribution in [0.1, 0.15) is 101 Å². The summed E-state index contributed by atoms with van der Waals surface area (Å²) in [6, 6.07) is 9.05. The molecule has 0 unspecified atom stereocenters. The van der Waals surface area contributed by atoms with Gasteiger partial charge in [0.1, 0.15) is 60.1 Å². The quantitative estimate of drug-likeness (QED) is 0.0115. The molecule has 11 atom stereocenters. The lowest BCUT2D eigenvalue weighted by Gasteiger charge is -2.32. The smallest absolute Gasteiger partial charge is 0.446 e. The van der Waals surface area contributed by atoms with Crippen LogP contribution in [0.5, 0.6) is 5.75 Å². The maximum Gasteiger partial charge on any atom is 0.446 e. The number of carbonyl (C=O) groups is 11. The second kappa shape index (κ2) is 38.4. The lowest BCUT2D eigenvalue weighted by atomic mass is 9.96. The van der Waals surface area contributed by atoms with Gasteiger partial charge in [-0.15, -0.1) is 0 Å². The highest BCUT2D eigenvalue weighted by Gasteiger charge is 2.44.